The Hall–Kier alpha value is -1.01. The summed E-state index contributed by atoms with van der Waals surface area (Å²) in [6, 6.07) is 0.155. The molecule has 1 unspecified atom stereocenters. The van der Waals surface area contributed by atoms with Gasteiger partial charge >= 0.3 is 0 Å². The second kappa shape index (κ2) is 5.10. The third-order valence-corrected chi connectivity index (χ3v) is 3.34. The molecule has 0 aliphatic heterocycles. The summed E-state index contributed by atoms with van der Waals surface area (Å²) in [5, 5.41) is 15.3. The molecule has 1 atom stereocenters. The van der Waals surface area contributed by atoms with Gasteiger partial charge in [0.25, 0.3) is 0 Å². The SMILES string of the molecule is COCCNC(C)c1nnnn1CC1(C)CC1. The Morgan fingerprint density at radius 2 is 2.29 bits per heavy atom. The lowest BCUT2D eigenvalue weighted by Crippen LogP contribution is -2.26. The molecule has 1 N–H and O–H groups in total. The first-order valence-electron chi connectivity index (χ1n) is 6.13. The first kappa shape index (κ1) is 12.4. The minimum atomic E-state index is 0.155. The van der Waals surface area contributed by atoms with Crippen LogP contribution in [0, 0.1) is 5.41 Å². The van der Waals surface area contributed by atoms with Crippen LogP contribution < -0.4 is 5.32 Å². The van der Waals surface area contributed by atoms with E-state index in [-0.39, 0.29) is 6.04 Å². The van der Waals surface area contributed by atoms with Crippen molar-refractivity contribution < 1.29 is 4.74 Å². The van der Waals surface area contributed by atoms with Gasteiger partial charge in [-0.15, -0.1) is 5.10 Å². The molecule has 0 bridgehead atoms. The van der Waals surface area contributed by atoms with Gasteiger partial charge in [0, 0.05) is 13.7 Å². The van der Waals surface area contributed by atoms with Crippen LogP contribution in [0.1, 0.15) is 38.6 Å². The standard InChI is InChI=1S/C11H21N5O/c1-9(12-6-7-17-3)10-13-14-15-16(10)8-11(2)4-5-11/h9,12H,4-8H2,1-3H3. The maximum atomic E-state index is 5.01. The van der Waals surface area contributed by atoms with E-state index in [1.165, 1.54) is 12.8 Å². The summed E-state index contributed by atoms with van der Waals surface area (Å²) in [4.78, 5) is 0. The molecule has 1 aliphatic rings. The third-order valence-electron chi connectivity index (χ3n) is 3.34. The number of methoxy groups -OCH3 is 1. The van der Waals surface area contributed by atoms with E-state index in [0.29, 0.717) is 12.0 Å². The fourth-order valence-electron chi connectivity index (χ4n) is 1.84. The van der Waals surface area contributed by atoms with Crippen molar-refractivity contribution >= 4 is 0 Å². The van der Waals surface area contributed by atoms with Gasteiger partial charge in [-0.1, -0.05) is 6.92 Å². The highest BCUT2D eigenvalue weighted by molar-refractivity contribution is 4.94. The molecule has 1 aromatic heterocycles. The highest BCUT2D eigenvalue weighted by Gasteiger charge is 2.38. The van der Waals surface area contributed by atoms with Crippen molar-refractivity contribution in [2.75, 3.05) is 20.3 Å². The van der Waals surface area contributed by atoms with Gasteiger partial charge in [-0.2, -0.15) is 0 Å². The Morgan fingerprint density at radius 1 is 1.53 bits per heavy atom. The van der Waals surface area contributed by atoms with Crippen LogP contribution in [0.4, 0.5) is 0 Å². The van der Waals surface area contributed by atoms with E-state index in [2.05, 4.69) is 34.7 Å². The maximum absolute atomic E-state index is 5.01. The van der Waals surface area contributed by atoms with Gasteiger partial charge in [0.1, 0.15) is 0 Å². The summed E-state index contributed by atoms with van der Waals surface area (Å²) in [7, 11) is 1.70. The fourth-order valence-corrected chi connectivity index (χ4v) is 1.84. The molecule has 1 aromatic rings. The Kier molecular flexibility index (Phi) is 3.73. The van der Waals surface area contributed by atoms with Crippen LogP contribution >= 0.6 is 0 Å². The quantitative estimate of drug-likeness (QED) is 0.712. The molecule has 1 aliphatic carbocycles. The number of rotatable bonds is 7. The lowest BCUT2D eigenvalue weighted by atomic mass is 10.1. The monoisotopic (exact) mass is 239 g/mol. The smallest absolute Gasteiger partial charge is 0.167 e. The summed E-state index contributed by atoms with van der Waals surface area (Å²) in [5.74, 6) is 0.911. The second-order valence-corrected chi connectivity index (χ2v) is 5.17. The highest BCUT2D eigenvalue weighted by Crippen LogP contribution is 2.46. The zero-order chi connectivity index (χ0) is 12.3. The summed E-state index contributed by atoms with van der Waals surface area (Å²) in [6.07, 6.45) is 2.55. The number of hydrogen-bond acceptors (Lipinski definition) is 5. The Balaban J connectivity index is 1.92. The summed E-state index contributed by atoms with van der Waals surface area (Å²) in [5.41, 5.74) is 0.413. The highest BCUT2D eigenvalue weighted by atomic mass is 16.5. The van der Waals surface area contributed by atoms with Crippen molar-refractivity contribution in [3.8, 4) is 0 Å². The Bertz CT molecular complexity index is 360. The predicted molar refractivity (Wildman–Crippen MR) is 63.5 cm³/mol. The number of hydrogen-bond donors (Lipinski definition) is 1. The Labute approximate surface area is 102 Å². The van der Waals surface area contributed by atoms with Gasteiger partial charge in [0.15, 0.2) is 5.82 Å². The number of ether oxygens (including phenoxy) is 1. The summed E-state index contributed by atoms with van der Waals surface area (Å²) in [6.45, 7) is 6.78. The van der Waals surface area contributed by atoms with E-state index < -0.39 is 0 Å². The first-order valence-corrected chi connectivity index (χ1v) is 6.13. The van der Waals surface area contributed by atoms with Gasteiger partial charge in [0.2, 0.25) is 0 Å². The van der Waals surface area contributed by atoms with E-state index in [1.54, 1.807) is 7.11 Å². The van der Waals surface area contributed by atoms with Crippen molar-refractivity contribution in [3.63, 3.8) is 0 Å². The van der Waals surface area contributed by atoms with E-state index in [4.69, 9.17) is 4.74 Å². The van der Waals surface area contributed by atoms with Crippen LogP contribution in [-0.2, 0) is 11.3 Å². The third kappa shape index (κ3) is 3.23. The predicted octanol–water partition coefficient (Wildman–Crippen LogP) is 0.770. The Morgan fingerprint density at radius 3 is 2.94 bits per heavy atom. The molecule has 0 spiro atoms. The molecule has 2 rings (SSSR count). The van der Waals surface area contributed by atoms with E-state index in [0.717, 1.165) is 18.9 Å². The van der Waals surface area contributed by atoms with Gasteiger partial charge < -0.3 is 10.1 Å². The molecule has 17 heavy (non-hydrogen) atoms. The minimum Gasteiger partial charge on any atom is -0.383 e. The second-order valence-electron chi connectivity index (χ2n) is 5.17. The van der Waals surface area contributed by atoms with Crippen LogP contribution in [0.15, 0.2) is 0 Å². The normalized spacial score (nSPS) is 19.2. The van der Waals surface area contributed by atoms with Gasteiger partial charge in [-0.3, -0.25) is 0 Å². The van der Waals surface area contributed by atoms with Crippen molar-refractivity contribution in [1.29, 1.82) is 0 Å². The van der Waals surface area contributed by atoms with Gasteiger partial charge in [-0.25, -0.2) is 4.68 Å². The summed E-state index contributed by atoms with van der Waals surface area (Å²) >= 11 is 0. The zero-order valence-electron chi connectivity index (χ0n) is 10.8. The number of nitrogens with one attached hydrogen (secondary N) is 1. The molecule has 1 saturated carbocycles. The average molecular weight is 239 g/mol. The van der Waals surface area contributed by atoms with Crippen molar-refractivity contribution in [3.05, 3.63) is 5.82 Å². The number of aromatic nitrogens is 4. The maximum Gasteiger partial charge on any atom is 0.167 e. The molecule has 0 radical (unpaired) electrons. The lowest BCUT2D eigenvalue weighted by molar-refractivity contribution is 0.195. The molecule has 0 amide bonds. The molecule has 1 fully saturated rings. The molecule has 6 heteroatoms. The van der Waals surface area contributed by atoms with E-state index in [1.807, 2.05) is 4.68 Å². The minimum absolute atomic E-state index is 0.155. The molecule has 6 nitrogen and oxygen atoms in total. The molecule has 1 heterocycles. The average Bonchev–Trinajstić information content (AvgIpc) is 2.85. The molecular weight excluding hydrogens is 218 g/mol. The van der Waals surface area contributed by atoms with Crippen molar-refractivity contribution in [1.82, 2.24) is 25.5 Å². The lowest BCUT2D eigenvalue weighted by Gasteiger charge is -2.15. The number of nitrogens with zero attached hydrogens (tertiary/aromatic N) is 4. The number of tetrazole rings is 1. The molecule has 0 aromatic carbocycles. The summed E-state index contributed by atoms with van der Waals surface area (Å²) < 4.78 is 6.94. The first-order chi connectivity index (χ1) is 8.14. The molecule has 96 valence electrons. The van der Waals surface area contributed by atoms with Crippen molar-refractivity contribution in [2.45, 2.75) is 39.3 Å². The van der Waals surface area contributed by atoms with Crippen LogP contribution in [0.3, 0.4) is 0 Å². The van der Waals surface area contributed by atoms with Crippen LogP contribution in [0.25, 0.3) is 0 Å². The molecular formula is C11H21N5O. The van der Waals surface area contributed by atoms with Gasteiger partial charge in [0.05, 0.1) is 19.2 Å². The van der Waals surface area contributed by atoms with Crippen LogP contribution in [0.5, 0.6) is 0 Å². The van der Waals surface area contributed by atoms with Crippen molar-refractivity contribution in [2.24, 2.45) is 5.41 Å². The topological polar surface area (TPSA) is 64.9 Å². The van der Waals surface area contributed by atoms with E-state index in [9.17, 15) is 0 Å². The van der Waals surface area contributed by atoms with Crippen LogP contribution in [0.2, 0.25) is 0 Å². The van der Waals surface area contributed by atoms with Gasteiger partial charge in [-0.05, 0) is 35.6 Å². The fraction of sp³-hybridized carbons (Fsp3) is 0.909. The zero-order valence-corrected chi connectivity index (χ0v) is 10.8. The van der Waals surface area contributed by atoms with Crippen LogP contribution in [-0.4, -0.2) is 40.5 Å². The largest absolute Gasteiger partial charge is 0.383 e. The molecule has 0 saturated heterocycles. The van der Waals surface area contributed by atoms with E-state index >= 15 is 0 Å².